The van der Waals surface area contributed by atoms with Crippen molar-refractivity contribution in [3.8, 4) is 0 Å². The maximum absolute atomic E-state index is 11.8. The van der Waals surface area contributed by atoms with Crippen LogP contribution >= 0.6 is 0 Å². The van der Waals surface area contributed by atoms with Gasteiger partial charge in [-0.2, -0.15) is 0 Å². The van der Waals surface area contributed by atoms with Gasteiger partial charge >= 0.3 is 11.9 Å². The third kappa shape index (κ3) is 2.17. The first-order valence-corrected chi connectivity index (χ1v) is 6.01. The highest BCUT2D eigenvalue weighted by Gasteiger charge is 2.49. The zero-order valence-corrected chi connectivity index (χ0v) is 10.2. The molecule has 2 fully saturated rings. The minimum Gasteiger partial charge on any atom is -0.475 e. The largest absolute Gasteiger partial charge is 0.475 e. The van der Waals surface area contributed by atoms with Gasteiger partial charge in [0.15, 0.2) is 6.10 Å². The topological polar surface area (TPSA) is 115 Å². The van der Waals surface area contributed by atoms with Crippen LogP contribution < -0.4 is 0 Å². The van der Waals surface area contributed by atoms with E-state index in [1.54, 1.807) is 0 Å². The first-order valence-electron chi connectivity index (χ1n) is 6.01. The van der Waals surface area contributed by atoms with E-state index in [-0.39, 0.29) is 24.7 Å². The fraction of sp³-hybridized carbons (Fsp3) is 0.500. The van der Waals surface area contributed by atoms with Crippen molar-refractivity contribution in [2.45, 2.75) is 24.4 Å². The van der Waals surface area contributed by atoms with E-state index in [2.05, 4.69) is 0 Å². The lowest BCUT2D eigenvalue weighted by atomic mass is 10.1. The quantitative estimate of drug-likeness (QED) is 0.724. The van der Waals surface area contributed by atoms with Crippen molar-refractivity contribution in [3.63, 3.8) is 0 Å². The molecule has 0 saturated carbocycles. The van der Waals surface area contributed by atoms with Gasteiger partial charge in [-0.3, -0.25) is 0 Å². The highest BCUT2D eigenvalue weighted by molar-refractivity contribution is 5.90. The minimum atomic E-state index is -1.27. The summed E-state index contributed by atoms with van der Waals surface area (Å²) < 4.78 is 20.6. The number of esters is 1. The van der Waals surface area contributed by atoms with Crippen LogP contribution in [0.4, 0.5) is 0 Å². The highest BCUT2D eigenvalue weighted by Crippen LogP contribution is 2.29. The van der Waals surface area contributed by atoms with Crippen LogP contribution in [0.3, 0.4) is 0 Å². The van der Waals surface area contributed by atoms with Gasteiger partial charge in [0.25, 0.3) is 0 Å². The normalized spacial score (nSPS) is 32.0. The summed E-state index contributed by atoms with van der Waals surface area (Å²) in [5.41, 5.74) is 0. The fourth-order valence-corrected chi connectivity index (χ4v) is 2.30. The number of fused-ring (bicyclic) bond motifs is 1. The number of hydrogen-bond donors (Lipinski definition) is 2. The van der Waals surface area contributed by atoms with E-state index in [1.807, 2.05) is 0 Å². The molecule has 0 bridgehead atoms. The summed E-state index contributed by atoms with van der Waals surface area (Å²) in [7, 11) is 0. The first-order chi connectivity index (χ1) is 9.56. The van der Waals surface area contributed by atoms with Crippen LogP contribution in [0, 0.1) is 0 Å². The van der Waals surface area contributed by atoms with Crippen LogP contribution in [0.5, 0.6) is 0 Å². The number of aliphatic hydroxyl groups is 1. The molecule has 0 unspecified atom stereocenters. The van der Waals surface area contributed by atoms with Crippen molar-refractivity contribution in [2.24, 2.45) is 0 Å². The zero-order valence-electron chi connectivity index (χ0n) is 10.2. The van der Waals surface area contributed by atoms with Crippen LogP contribution in [0.1, 0.15) is 21.1 Å². The molecule has 3 rings (SSSR count). The number of carbonyl (C=O) groups is 2. The maximum Gasteiger partial charge on any atom is 0.374 e. The van der Waals surface area contributed by atoms with Crippen LogP contribution in [0.2, 0.25) is 0 Å². The Kier molecular flexibility index (Phi) is 3.20. The second-order valence-electron chi connectivity index (χ2n) is 4.58. The van der Waals surface area contributed by atoms with E-state index in [0.717, 1.165) is 0 Å². The fourth-order valence-electron chi connectivity index (χ4n) is 2.30. The Balaban J connectivity index is 1.65. The van der Waals surface area contributed by atoms with Gasteiger partial charge in [-0.15, -0.1) is 0 Å². The van der Waals surface area contributed by atoms with E-state index < -0.39 is 36.4 Å². The first kappa shape index (κ1) is 13.1. The lowest BCUT2D eigenvalue weighted by Crippen LogP contribution is -2.34. The molecular weight excluding hydrogens is 272 g/mol. The summed E-state index contributed by atoms with van der Waals surface area (Å²) in [6, 6.07) is 2.39. The molecule has 1 aromatic rings. The summed E-state index contributed by atoms with van der Waals surface area (Å²) >= 11 is 0. The molecule has 2 aliphatic heterocycles. The van der Waals surface area contributed by atoms with Gasteiger partial charge in [0, 0.05) is 0 Å². The maximum atomic E-state index is 11.8. The molecule has 8 nitrogen and oxygen atoms in total. The monoisotopic (exact) mass is 284 g/mol. The summed E-state index contributed by atoms with van der Waals surface area (Å²) in [5, 5.41) is 18.3. The number of aliphatic hydroxyl groups excluding tert-OH is 1. The highest BCUT2D eigenvalue weighted by atomic mass is 16.6. The molecule has 4 atom stereocenters. The average molecular weight is 284 g/mol. The molecule has 0 radical (unpaired) electrons. The van der Waals surface area contributed by atoms with Crippen molar-refractivity contribution in [1.82, 2.24) is 0 Å². The van der Waals surface area contributed by atoms with Crippen molar-refractivity contribution < 1.29 is 38.4 Å². The lowest BCUT2D eigenvalue weighted by molar-refractivity contribution is -0.0228. The number of carboxylic acid groups (broad SMARTS) is 1. The second-order valence-corrected chi connectivity index (χ2v) is 4.58. The molecule has 8 heteroatoms. The Labute approximate surface area is 112 Å². The number of carbonyl (C=O) groups excluding carboxylic acids is 1. The van der Waals surface area contributed by atoms with E-state index >= 15 is 0 Å². The molecule has 20 heavy (non-hydrogen) atoms. The molecule has 2 N–H and O–H groups in total. The predicted octanol–water partition coefficient (Wildman–Crippen LogP) is -0.338. The van der Waals surface area contributed by atoms with E-state index in [4.69, 9.17) is 23.7 Å². The summed E-state index contributed by atoms with van der Waals surface area (Å²) in [6.07, 6.45) is -2.39. The number of ether oxygens (including phenoxy) is 3. The van der Waals surface area contributed by atoms with Gasteiger partial charge in [0.2, 0.25) is 11.5 Å². The van der Waals surface area contributed by atoms with Crippen LogP contribution in [0.25, 0.3) is 0 Å². The molecule has 3 heterocycles. The van der Waals surface area contributed by atoms with Crippen LogP contribution in [-0.2, 0) is 14.2 Å². The van der Waals surface area contributed by atoms with Gasteiger partial charge in [0.1, 0.15) is 18.3 Å². The van der Waals surface area contributed by atoms with Crippen molar-refractivity contribution in [2.75, 3.05) is 13.2 Å². The number of aromatic carboxylic acids is 1. The van der Waals surface area contributed by atoms with Crippen molar-refractivity contribution in [3.05, 3.63) is 23.7 Å². The van der Waals surface area contributed by atoms with Crippen LogP contribution in [0.15, 0.2) is 16.5 Å². The van der Waals surface area contributed by atoms with Crippen molar-refractivity contribution in [1.29, 1.82) is 0 Å². The summed E-state index contributed by atoms with van der Waals surface area (Å²) in [6.45, 7) is 0.248. The third-order valence-electron chi connectivity index (χ3n) is 3.26. The molecule has 0 spiro atoms. The predicted molar refractivity (Wildman–Crippen MR) is 60.4 cm³/mol. The molecule has 2 saturated heterocycles. The van der Waals surface area contributed by atoms with Gasteiger partial charge in [0.05, 0.1) is 13.2 Å². The molecule has 108 valence electrons. The second kappa shape index (κ2) is 4.89. The van der Waals surface area contributed by atoms with E-state index in [9.17, 15) is 14.7 Å². The Morgan fingerprint density at radius 3 is 2.55 bits per heavy atom. The smallest absolute Gasteiger partial charge is 0.374 e. The zero-order chi connectivity index (χ0) is 14.3. The molecule has 2 aliphatic rings. The minimum absolute atomic E-state index is 0.116. The van der Waals surface area contributed by atoms with Crippen LogP contribution in [-0.4, -0.2) is 59.8 Å². The molecular formula is C12H12O8. The molecule has 0 aliphatic carbocycles. The van der Waals surface area contributed by atoms with Gasteiger partial charge < -0.3 is 28.8 Å². The average Bonchev–Trinajstić information content (AvgIpc) is 3.09. The summed E-state index contributed by atoms with van der Waals surface area (Å²) in [5.74, 6) is -2.61. The SMILES string of the molecule is O=C(O)c1ccc(C(=O)O[C@H]2CO[C@H]3[C@@H]2OC[C@H]3O)o1. The molecule has 0 amide bonds. The Bertz CT molecular complexity index is 535. The number of hydrogen-bond acceptors (Lipinski definition) is 7. The van der Waals surface area contributed by atoms with Gasteiger partial charge in [-0.25, -0.2) is 9.59 Å². The van der Waals surface area contributed by atoms with E-state index in [0.29, 0.717) is 0 Å². The summed E-state index contributed by atoms with van der Waals surface area (Å²) in [4.78, 5) is 22.5. The number of carboxylic acids is 1. The standard InChI is InChI=1S/C12H12O8/c13-5-3-17-10-8(4-18-9(5)10)20-12(16)7-2-1-6(19-7)11(14)15/h1-2,5,8-10,13H,3-4H2,(H,14,15)/t5-,8+,9-,10-/m1/s1. The third-order valence-corrected chi connectivity index (χ3v) is 3.26. The Hall–Kier alpha value is -1.90. The number of rotatable bonds is 3. The molecule has 1 aromatic heterocycles. The molecule has 0 aromatic carbocycles. The van der Waals surface area contributed by atoms with Crippen molar-refractivity contribution >= 4 is 11.9 Å². The lowest BCUT2D eigenvalue weighted by Gasteiger charge is -2.15. The number of furan rings is 1. The van der Waals surface area contributed by atoms with E-state index in [1.165, 1.54) is 12.1 Å². The Morgan fingerprint density at radius 1 is 1.15 bits per heavy atom. The van der Waals surface area contributed by atoms with Gasteiger partial charge in [-0.05, 0) is 12.1 Å². The Morgan fingerprint density at radius 2 is 1.85 bits per heavy atom. The van der Waals surface area contributed by atoms with Gasteiger partial charge in [-0.1, -0.05) is 0 Å².